The first-order valence-corrected chi connectivity index (χ1v) is 11.2. The third kappa shape index (κ3) is 4.82. The van der Waals surface area contributed by atoms with Crippen LogP contribution < -0.4 is 20.3 Å². The number of piperazine rings is 1. The van der Waals surface area contributed by atoms with Crippen molar-refractivity contribution in [2.75, 3.05) is 29.9 Å². The van der Waals surface area contributed by atoms with E-state index in [-0.39, 0.29) is 18.4 Å². The number of rotatable bonds is 6. The molecule has 3 heterocycles. The molecule has 2 aromatic carbocycles. The van der Waals surface area contributed by atoms with Gasteiger partial charge in [0.25, 0.3) is 5.91 Å². The van der Waals surface area contributed by atoms with Gasteiger partial charge in [0.15, 0.2) is 0 Å². The number of carbonyl (C=O) groups is 2. The number of halogens is 1. The Morgan fingerprint density at radius 2 is 2.06 bits per heavy atom. The summed E-state index contributed by atoms with van der Waals surface area (Å²) >= 11 is 6.44. The SMILES string of the molecule is O=C1CN(c2ccc(NC(=O)c3cccc(OCc4cn5ccccc5n4)c3)cc2Cl)CCN1. The molecular weight excluding hydrogens is 454 g/mol. The molecule has 1 aliphatic heterocycles. The number of amides is 2. The van der Waals surface area contributed by atoms with Gasteiger partial charge in [0.2, 0.25) is 5.91 Å². The van der Waals surface area contributed by atoms with Crippen LogP contribution in [0.1, 0.15) is 16.1 Å². The third-order valence-corrected chi connectivity index (χ3v) is 5.78. The van der Waals surface area contributed by atoms with Gasteiger partial charge in [-0.3, -0.25) is 9.59 Å². The second-order valence-corrected chi connectivity index (χ2v) is 8.31. The van der Waals surface area contributed by atoms with E-state index in [9.17, 15) is 9.59 Å². The van der Waals surface area contributed by atoms with Crippen LogP contribution >= 0.6 is 11.6 Å². The molecule has 2 aromatic heterocycles. The number of hydrogen-bond donors (Lipinski definition) is 2. The van der Waals surface area contributed by atoms with Gasteiger partial charge in [-0.25, -0.2) is 4.98 Å². The van der Waals surface area contributed by atoms with Crippen molar-refractivity contribution in [2.45, 2.75) is 6.61 Å². The molecule has 1 aliphatic rings. The van der Waals surface area contributed by atoms with E-state index >= 15 is 0 Å². The highest BCUT2D eigenvalue weighted by molar-refractivity contribution is 6.33. The number of aromatic nitrogens is 2. The van der Waals surface area contributed by atoms with Crippen molar-refractivity contribution in [3.05, 3.63) is 89.3 Å². The van der Waals surface area contributed by atoms with Gasteiger partial charge in [-0.15, -0.1) is 0 Å². The van der Waals surface area contributed by atoms with Gasteiger partial charge in [0, 0.05) is 36.7 Å². The van der Waals surface area contributed by atoms with Crippen LogP contribution in [-0.2, 0) is 11.4 Å². The lowest BCUT2D eigenvalue weighted by Crippen LogP contribution is -2.47. The molecule has 0 bridgehead atoms. The van der Waals surface area contributed by atoms with Gasteiger partial charge in [0.05, 0.1) is 22.9 Å². The van der Waals surface area contributed by atoms with E-state index in [4.69, 9.17) is 16.3 Å². The minimum atomic E-state index is -0.278. The Balaban J connectivity index is 1.23. The quantitative estimate of drug-likeness (QED) is 0.443. The Labute approximate surface area is 201 Å². The lowest BCUT2D eigenvalue weighted by molar-refractivity contribution is -0.120. The maximum absolute atomic E-state index is 12.8. The number of imidazole rings is 1. The molecule has 2 N–H and O–H groups in total. The monoisotopic (exact) mass is 475 g/mol. The summed E-state index contributed by atoms with van der Waals surface area (Å²) in [4.78, 5) is 30.9. The van der Waals surface area contributed by atoms with Gasteiger partial charge in [0.1, 0.15) is 18.0 Å². The van der Waals surface area contributed by atoms with E-state index in [1.807, 2.05) is 46.0 Å². The fraction of sp³-hybridized carbons (Fsp3) is 0.160. The highest BCUT2D eigenvalue weighted by Crippen LogP contribution is 2.29. The first-order valence-electron chi connectivity index (χ1n) is 10.8. The van der Waals surface area contributed by atoms with Crippen molar-refractivity contribution in [2.24, 2.45) is 0 Å². The Morgan fingerprint density at radius 1 is 1.15 bits per heavy atom. The molecule has 5 rings (SSSR count). The second kappa shape index (κ2) is 9.44. The van der Waals surface area contributed by atoms with Crippen molar-refractivity contribution >= 4 is 40.4 Å². The summed E-state index contributed by atoms with van der Waals surface area (Å²) in [7, 11) is 0. The standard InChI is InChI=1S/C25H22ClN5O3/c26-21-13-18(7-8-22(21)30-11-9-27-24(32)15-30)29-25(33)17-4-3-5-20(12-17)34-16-19-14-31-10-2-1-6-23(31)28-19/h1-8,10,12-14H,9,11,15-16H2,(H,27,32)(H,29,33). The van der Waals surface area contributed by atoms with Gasteiger partial charge in [-0.1, -0.05) is 23.7 Å². The zero-order valence-electron chi connectivity index (χ0n) is 18.2. The van der Waals surface area contributed by atoms with Gasteiger partial charge in [-0.05, 0) is 48.5 Å². The fourth-order valence-electron chi connectivity index (χ4n) is 3.83. The number of nitrogens with zero attached hydrogens (tertiary/aromatic N) is 3. The van der Waals surface area contributed by atoms with E-state index in [0.717, 1.165) is 17.0 Å². The maximum atomic E-state index is 12.8. The Bertz CT molecular complexity index is 1340. The van der Waals surface area contributed by atoms with Crippen LogP contribution in [0.5, 0.6) is 5.75 Å². The summed E-state index contributed by atoms with van der Waals surface area (Å²) in [5, 5.41) is 6.12. The van der Waals surface area contributed by atoms with E-state index < -0.39 is 0 Å². The Morgan fingerprint density at radius 3 is 2.88 bits per heavy atom. The molecule has 0 spiro atoms. The molecule has 1 saturated heterocycles. The molecular formula is C25H22ClN5O3. The van der Waals surface area contributed by atoms with Crippen molar-refractivity contribution in [3.8, 4) is 5.75 Å². The second-order valence-electron chi connectivity index (χ2n) is 7.91. The molecule has 8 nitrogen and oxygen atoms in total. The molecule has 9 heteroatoms. The van der Waals surface area contributed by atoms with E-state index in [0.29, 0.717) is 41.7 Å². The summed E-state index contributed by atoms with van der Waals surface area (Å²) in [6, 6.07) is 18.0. The van der Waals surface area contributed by atoms with Crippen molar-refractivity contribution < 1.29 is 14.3 Å². The van der Waals surface area contributed by atoms with Crippen LogP contribution in [0, 0.1) is 0 Å². The van der Waals surface area contributed by atoms with E-state index in [2.05, 4.69) is 15.6 Å². The molecule has 0 radical (unpaired) electrons. The van der Waals surface area contributed by atoms with Crippen LogP contribution in [0.3, 0.4) is 0 Å². The molecule has 0 atom stereocenters. The number of anilines is 2. The van der Waals surface area contributed by atoms with Crippen LogP contribution in [0.25, 0.3) is 5.65 Å². The predicted molar refractivity (Wildman–Crippen MR) is 131 cm³/mol. The lowest BCUT2D eigenvalue weighted by atomic mass is 10.2. The van der Waals surface area contributed by atoms with Crippen molar-refractivity contribution in [3.63, 3.8) is 0 Å². The lowest BCUT2D eigenvalue weighted by Gasteiger charge is -2.29. The molecule has 0 aliphatic carbocycles. The zero-order chi connectivity index (χ0) is 23.5. The van der Waals surface area contributed by atoms with Crippen molar-refractivity contribution in [1.82, 2.24) is 14.7 Å². The third-order valence-electron chi connectivity index (χ3n) is 5.48. The summed E-state index contributed by atoms with van der Waals surface area (Å²) in [6.07, 6.45) is 3.84. The van der Waals surface area contributed by atoms with Crippen LogP contribution in [0.15, 0.2) is 73.1 Å². The van der Waals surface area contributed by atoms with Crippen molar-refractivity contribution in [1.29, 1.82) is 0 Å². The first kappa shape index (κ1) is 21.8. The molecule has 34 heavy (non-hydrogen) atoms. The zero-order valence-corrected chi connectivity index (χ0v) is 19.0. The molecule has 1 fully saturated rings. The number of fused-ring (bicyclic) bond motifs is 1. The minimum absolute atomic E-state index is 0.0389. The smallest absolute Gasteiger partial charge is 0.255 e. The molecule has 172 valence electrons. The Kier molecular flexibility index (Phi) is 6.05. The summed E-state index contributed by atoms with van der Waals surface area (Å²) in [5.74, 6) is 0.254. The molecule has 2 amide bonds. The van der Waals surface area contributed by atoms with Gasteiger partial charge >= 0.3 is 0 Å². The number of hydrogen-bond acceptors (Lipinski definition) is 5. The molecule has 0 saturated carbocycles. The maximum Gasteiger partial charge on any atom is 0.255 e. The fourth-order valence-corrected chi connectivity index (χ4v) is 4.13. The average Bonchev–Trinajstić information content (AvgIpc) is 3.26. The highest BCUT2D eigenvalue weighted by Gasteiger charge is 2.19. The summed E-state index contributed by atoms with van der Waals surface area (Å²) in [6.45, 7) is 1.80. The number of ether oxygens (including phenoxy) is 1. The van der Waals surface area contributed by atoms with Crippen LogP contribution in [0.2, 0.25) is 5.02 Å². The predicted octanol–water partition coefficient (Wildman–Crippen LogP) is 3.76. The summed E-state index contributed by atoms with van der Waals surface area (Å²) < 4.78 is 7.79. The number of benzene rings is 2. The van der Waals surface area contributed by atoms with Crippen LogP contribution in [-0.4, -0.2) is 40.8 Å². The summed E-state index contributed by atoms with van der Waals surface area (Å²) in [5.41, 5.74) is 3.43. The van der Waals surface area contributed by atoms with E-state index in [1.165, 1.54) is 0 Å². The number of carbonyl (C=O) groups excluding carboxylic acids is 2. The Hall–Kier alpha value is -4.04. The largest absolute Gasteiger partial charge is 0.487 e. The van der Waals surface area contributed by atoms with Gasteiger partial charge < -0.3 is 24.7 Å². The number of pyridine rings is 1. The molecule has 4 aromatic rings. The van der Waals surface area contributed by atoms with Crippen LogP contribution in [0.4, 0.5) is 11.4 Å². The normalized spacial score (nSPS) is 13.6. The van der Waals surface area contributed by atoms with Gasteiger partial charge in [-0.2, -0.15) is 0 Å². The highest BCUT2D eigenvalue weighted by atomic mass is 35.5. The van der Waals surface area contributed by atoms with E-state index in [1.54, 1.807) is 36.4 Å². The number of nitrogens with one attached hydrogen (secondary N) is 2. The first-order chi connectivity index (χ1) is 16.5. The average molecular weight is 476 g/mol. The topological polar surface area (TPSA) is 88.0 Å². The minimum Gasteiger partial charge on any atom is -0.487 e. The molecule has 0 unspecified atom stereocenters.